The van der Waals surface area contributed by atoms with Gasteiger partial charge in [0.15, 0.2) is 0 Å². The minimum Gasteiger partial charge on any atom is -0.497 e. The highest BCUT2D eigenvalue weighted by atomic mass is 35.5. The molecule has 0 spiro atoms. The number of nitrogens with zero attached hydrogens (tertiary/aromatic N) is 2. The van der Waals surface area contributed by atoms with E-state index in [1.54, 1.807) is 7.11 Å². The van der Waals surface area contributed by atoms with Gasteiger partial charge in [0.05, 0.1) is 23.5 Å². The molecule has 0 radical (unpaired) electrons. The van der Waals surface area contributed by atoms with Gasteiger partial charge >= 0.3 is 0 Å². The molecule has 5 heteroatoms. The van der Waals surface area contributed by atoms with Gasteiger partial charge in [-0.2, -0.15) is 11.8 Å². The van der Waals surface area contributed by atoms with Crippen LogP contribution in [0, 0.1) is 0 Å². The maximum absolute atomic E-state index is 6.28. The van der Waals surface area contributed by atoms with Gasteiger partial charge in [0.2, 0.25) is 0 Å². The Balaban J connectivity index is 2.40. The molecular weight excluding hydrogens is 292 g/mol. The molecule has 110 valence electrons. The molecule has 0 bridgehead atoms. The van der Waals surface area contributed by atoms with Crippen LogP contribution in [-0.4, -0.2) is 28.2 Å². The molecule has 0 aliphatic heterocycles. The monoisotopic (exact) mass is 312 g/mol. The molecule has 2 aromatic rings. The zero-order chi connectivity index (χ0) is 14.7. The van der Waals surface area contributed by atoms with Crippen molar-refractivity contribution in [2.75, 3.05) is 13.4 Å². The van der Waals surface area contributed by atoms with Gasteiger partial charge in [0.1, 0.15) is 11.6 Å². The van der Waals surface area contributed by atoms with Gasteiger partial charge in [-0.15, -0.1) is 11.6 Å². The van der Waals surface area contributed by atoms with E-state index in [9.17, 15) is 0 Å². The Labute approximate surface area is 129 Å². The third-order valence-corrected chi connectivity index (χ3v) is 4.74. The van der Waals surface area contributed by atoms with Gasteiger partial charge in [0.25, 0.3) is 0 Å². The Hall–Kier alpha value is -0.870. The van der Waals surface area contributed by atoms with Gasteiger partial charge < -0.3 is 9.30 Å². The summed E-state index contributed by atoms with van der Waals surface area (Å²) in [5.41, 5.74) is 2.07. The maximum atomic E-state index is 6.28. The van der Waals surface area contributed by atoms with E-state index in [1.165, 1.54) is 0 Å². The third kappa shape index (κ3) is 3.23. The van der Waals surface area contributed by atoms with Crippen LogP contribution in [0.15, 0.2) is 18.2 Å². The molecule has 1 heterocycles. The molecule has 2 rings (SSSR count). The van der Waals surface area contributed by atoms with Crippen molar-refractivity contribution in [3.8, 4) is 5.75 Å². The lowest BCUT2D eigenvalue weighted by Gasteiger charge is -2.13. The largest absolute Gasteiger partial charge is 0.497 e. The fourth-order valence-electron chi connectivity index (χ4n) is 2.22. The van der Waals surface area contributed by atoms with Gasteiger partial charge in [-0.3, -0.25) is 0 Å². The zero-order valence-corrected chi connectivity index (χ0v) is 14.0. The molecular formula is C15H21ClN2OS. The molecule has 0 amide bonds. The van der Waals surface area contributed by atoms with Crippen LogP contribution in [0.3, 0.4) is 0 Å². The third-order valence-electron chi connectivity index (χ3n) is 3.50. The highest BCUT2D eigenvalue weighted by Crippen LogP contribution is 2.28. The van der Waals surface area contributed by atoms with Crippen LogP contribution in [-0.2, 0) is 6.54 Å². The predicted octanol–water partition coefficient (Wildman–Crippen LogP) is 4.49. The maximum Gasteiger partial charge on any atom is 0.127 e. The number of thioether (sulfide) groups is 1. The SMILES string of the molecule is COc1ccc2c(c1)nc(C(C)Cl)n2CCC(C)SC. The van der Waals surface area contributed by atoms with Crippen molar-refractivity contribution in [2.24, 2.45) is 0 Å². The van der Waals surface area contributed by atoms with Gasteiger partial charge in [-0.1, -0.05) is 6.92 Å². The number of hydrogen-bond donors (Lipinski definition) is 0. The van der Waals surface area contributed by atoms with Crippen molar-refractivity contribution in [1.29, 1.82) is 0 Å². The van der Waals surface area contributed by atoms with Crippen LogP contribution in [0.25, 0.3) is 11.0 Å². The standard InChI is InChI=1S/C15H21ClN2OS/c1-10(20-4)7-8-18-14-6-5-12(19-3)9-13(14)17-15(18)11(2)16/h5-6,9-11H,7-8H2,1-4H3. The lowest BCUT2D eigenvalue weighted by Crippen LogP contribution is -2.08. The Morgan fingerprint density at radius 1 is 1.40 bits per heavy atom. The smallest absolute Gasteiger partial charge is 0.127 e. The van der Waals surface area contributed by atoms with Crippen LogP contribution >= 0.6 is 23.4 Å². The molecule has 20 heavy (non-hydrogen) atoms. The second-order valence-corrected chi connectivity index (χ2v) is 6.86. The number of rotatable bonds is 6. The molecule has 0 fully saturated rings. The van der Waals surface area contributed by atoms with E-state index in [0.717, 1.165) is 35.6 Å². The molecule has 3 nitrogen and oxygen atoms in total. The number of ether oxygens (including phenoxy) is 1. The average molecular weight is 313 g/mol. The summed E-state index contributed by atoms with van der Waals surface area (Å²) in [4.78, 5) is 4.67. The lowest BCUT2D eigenvalue weighted by molar-refractivity contribution is 0.415. The average Bonchev–Trinajstić information content (AvgIpc) is 2.82. The summed E-state index contributed by atoms with van der Waals surface area (Å²) in [5, 5.41) is 0.530. The van der Waals surface area contributed by atoms with E-state index < -0.39 is 0 Å². The minimum absolute atomic E-state index is 0.0991. The van der Waals surface area contributed by atoms with E-state index in [0.29, 0.717) is 5.25 Å². The van der Waals surface area contributed by atoms with Crippen LogP contribution < -0.4 is 4.74 Å². The van der Waals surface area contributed by atoms with Crippen LogP contribution in [0.4, 0.5) is 0 Å². The normalized spacial score (nSPS) is 14.4. The molecule has 0 aliphatic carbocycles. The fraction of sp³-hybridized carbons (Fsp3) is 0.533. The Morgan fingerprint density at radius 2 is 2.15 bits per heavy atom. The van der Waals surface area contributed by atoms with Crippen molar-refractivity contribution >= 4 is 34.4 Å². The highest BCUT2D eigenvalue weighted by Gasteiger charge is 2.16. The van der Waals surface area contributed by atoms with Gasteiger partial charge in [-0.25, -0.2) is 4.98 Å². The van der Waals surface area contributed by atoms with E-state index in [4.69, 9.17) is 16.3 Å². The number of benzene rings is 1. The first-order valence-corrected chi connectivity index (χ1v) is 8.50. The first-order chi connectivity index (χ1) is 9.56. The number of methoxy groups -OCH3 is 1. The highest BCUT2D eigenvalue weighted by molar-refractivity contribution is 7.99. The molecule has 2 unspecified atom stereocenters. The summed E-state index contributed by atoms with van der Waals surface area (Å²) in [6, 6.07) is 6.00. The summed E-state index contributed by atoms with van der Waals surface area (Å²) in [5.74, 6) is 1.76. The Kier molecular flexibility index (Phi) is 5.22. The van der Waals surface area contributed by atoms with Gasteiger partial charge in [-0.05, 0) is 31.7 Å². The zero-order valence-electron chi connectivity index (χ0n) is 12.4. The number of halogens is 1. The summed E-state index contributed by atoms with van der Waals surface area (Å²) < 4.78 is 7.50. The number of aromatic nitrogens is 2. The number of imidazole rings is 1. The van der Waals surface area contributed by atoms with E-state index in [1.807, 2.05) is 30.8 Å². The van der Waals surface area contributed by atoms with Crippen LogP contribution in [0.2, 0.25) is 0 Å². The van der Waals surface area contributed by atoms with Crippen molar-refractivity contribution in [3.05, 3.63) is 24.0 Å². The second kappa shape index (κ2) is 6.72. The summed E-state index contributed by atoms with van der Waals surface area (Å²) in [6.45, 7) is 5.16. The first-order valence-electron chi connectivity index (χ1n) is 6.77. The van der Waals surface area contributed by atoms with Crippen LogP contribution in [0.1, 0.15) is 31.5 Å². The topological polar surface area (TPSA) is 27.1 Å². The molecule has 2 atom stereocenters. The molecule has 0 saturated heterocycles. The molecule has 1 aromatic heterocycles. The van der Waals surface area contributed by atoms with Crippen molar-refractivity contribution in [1.82, 2.24) is 9.55 Å². The van der Waals surface area contributed by atoms with Crippen LogP contribution in [0.5, 0.6) is 5.75 Å². The minimum atomic E-state index is -0.0991. The molecule has 0 N–H and O–H groups in total. The molecule has 0 aliphatic rings. The summed E-state index contributed by atoms with van der Waals surface area (Å²) in [7, 11) is 1.67. The first kappa shape index (κ1) is 15.5. The number of fused-ring (bicyclic) bond motifs is 1. The Bertz CT molecular complexity index is 583. The van der Waals surface area contributed by atoms with Gasteiger partial charge in [0, 0.05) is 17.9 Å². The predicted molar refractivity (Wildman–Crippen MR) is 88.1 cm³/mol. The number of alkyl halides is 1. The fourth-order valence-corrected chi connectivity index (χ4v) is 2.73. The lowest BCUT2D eigenvalue weighted by atomic mass is 10.2. The van der Waals surface area contributed by atoms with Crippen molar-refractivity contribution < 1.29 is 4.74 Å². The number of hydrogen-bond acceptors (Lipinski definition) is 3. The Morgan fingerprint density at radius 3 is 2.75 bits per heavy atom. The molecule has 0 saturated carbocycles. The van der Waals surface area contributed by atoms with Crippen molar-refractivity contribution in [3.63, 3.8) is 0 Å². The molecule has 1 aromatic carbocycles. The quantitative estimate of drug-likeness (QED) is 0.736. The second-order valence-electron chi connectivity index (χ2n) is 4.93. The van der Waals surface area contributed by atoms with E-state index >= 15 is 0 Å². The number of aryl methyl sites for hydroxylation is 1. The van der Waals surface area contributed by atoms with E-state index in [-0.39, 0.29) is 5.38 Å². The van der Waals surface area contributed by atoms with E-state index in [2.05, 4.69) is 28.8 Å². The van der Waals surface area contributed by atoms with Crippen molar-refractivity contribution in [2.45, 2.75) is 37.4 Å². The summed E-state index contributed by atoms with van der Waals surface area (Å²) in [6.07, 6.45) is 3.25. The summed E-state index contributed by atoms with van der Waals surface area (Å²) >= 11 is 8.17.